The molecule has 2 aromatic rings. The Labute approximate surface area is 169 Å². The Bertz CT molecular complexity index is 793. The molecule has 2 rings (SSSR count). The molecule has 2 aromatic carbocycles. The van der Waals surface area contributed by atoms with Crippen molar-refractivity contribution in [2.45, 2.75) is 79.1 Å². The quantitative estimate of drug-likeness (QED) is 0.268. The molecule has 0 aliphatic heterocycles. The molecule has 0 heterocycles. The van der Waals surface area contributed by atoms with Crippen molar-refractivity contribution in [3.8, 4) is 16.9 Å². The predicted octanol–water partition coefficient (Wildman–Crippen LogP) is 7.22. The molecule has 0 spiro atoms. The molecule has 0 aliphatic rings. The summed E-state index contributed by atoms with van der Waals surface area (Å²) in [5.74, 6) is 0.486. The molecular formula is C25H34O3. The second kappa shape index (κ2) is 10.9. The fourth-order valence-electron chi connectivity index (χ4n) is 4.19. The lowest BCUT2D eigenvalue weighted by Gasteiger charge is -2.21. The molecule has 0 fully saturated rings. The number of benzene rings is 2. The zero-order chi connectivity index (χ0) is 20.5. The SMILES string of the molecule is CCCCCCc1ccccc1-c1cc(OC(=O)O)c(CC)c(CC)c1CC. The van der Waals surface area contributed by atoms with Gasteiger partial charge in [-0.1, -0.05) is 71.2 Å². The molecular weight excluding hydrogens is 348 g/mol. The third kappa shape index (κ3) is 5.15. The van der Waals surface area contributed by atoms with Gasteiger partial charge in [0, 0.05) is 0 Å². The van der Waals surface area contributed by atoms with E-state index in [-0.39, 0.29) is 0 Å². The predicted molar refractivity (Wildman–Crippen MR) is 117 cm³/mol. The summed E-state index contributed by atoms with van der Waals surface area (Å²) >= 11 is 0. The molecule has 0 saturated heterocycles. The van der Waals surface area contributed by atoms with Crippen molar-refractivity contribution in [1.29, 1.82) is 0 Å². The van der Waals surface area contributed by atoms with Gasteiger partial charge in [-0.2, -0.15) is 0 Å². The zero-order valence-corrected chi connectivity index (χ0v) is 17.8. The van der Waals surface area contributed by atoms with Crippen molar-refractivity contribution >= 4 is 6.16 Å². The molecule has 0 unspecified atom stereocenters. The molecule has 0 radical (unpaired) electrons. The molecule has 0 atom stereocenters. The van der Waals surface area contributed by atoms with Crippen LogP contribution in [0.4, 0.5) is 4.79 Å². The minimum atomic E-state index is -1.25. The van der Waals surface area contributed by atoms with Crippen LogP contribution in [0.5, 0.6) is 5.75 Å². The third-order valence-electron chi connectivity index (χ3n) is 5.49. The highest BCUT2D eigenvalue weighted by atomic mass is 16.7. The largest absolute Gasteiger partial charge is 0.511 e. The number of carbonyl (C=O) groups is 1. The molecule has 3 nitrogen and oxygen atoms in total. The van der Waals surface area contributed by atoms with Crippen LogP contribution in [0.1, 0.15) is 75.6 Å². The van der Waals surface area contributed by atoms with Crippen LogP contribution in [-0.2, 0) is 25.7 Å². The maximum atomic E-state index is 11.3. The van der Waals surface area contributed by atoms with Gasteiger partial charge in [-0.25, -0.2) is 4.79 Å². The van der Waals surface area contributed by atoms with Gasteiger partial charge < -0.3 is 9.84 Å². The van der Waals surface area contributed by atoms with E-state index in [0.29, 0.717) is 5.75 Å². The summed E-state index contributed by atoms with van der Waals surface area (Å²) in [5, 5.41) is 9.24. The Morgan fingerprint density at radius 2 is 1.54 bits per heavy atom. The molecule has 0 amide bonds. The molecule has 0 saturated carbocycles. The highest BCUT2D eigenvalue weighted by Gasteiger charge is 2.20. The number of aryl methyl sites for hydroxylation is 1. The Morgan fingerprint density at radius 3 is 2.14 bits per heavy atom. The Morgan fingerprint density at radius 1 is 0.857 bits per heavy atom. The second-order valence-electron chi connectivity index (χ2n) is 7.25. The van der Waals surface area contributed by atoms with Gasteiger partial charge in [-0.3, -0.25) is 0 Å². The number of carboxylic acid groups (broad SMARTS) is 1. The maximum absolute atomic E-state index is 11.3. The van der Waals surface area contributed by atoms with Crippen molar-refractivity contribution in [2.24, 2.45) is 0 Å². The molecule has 0 bridgehead atoms. The lowest BCUT2D eigenvalue weighted by molar-refractivity contribution is 0.144. The molecule has 0 aliphatic carbocycles. The van der Waals surface area contributed by atoms with Gasteiger partial charge in [0.05, 0.1) is 0 Å². The van der Waals surface area contributed by atoms with Gasteiger partial charge >= 0.3 is 6.16 Å². The summed E-state index contributed by atoms with van der Waals surface area (Å²) < 4.78 is 5.21. The number of unbranched alkanes of at least 4 members (excludes halogenated alkanes) is 3. The maximum Gasteiger partial charge on any atom is 0.511 e. The smallest absolute Gasteiger partial charge is 0.449 e. The van der Waals surface area contributed by atoms with Gasteiger partial charge in [-0.15, -0.1) is 0 Å². The van der Waals surface area contributed by atoms with E-state index in [2.05, 4.69) is 52.0 Å². The summed E-state index contributed by atoms with van der Waals surface area (Å²) in [4.78, 5) is 11.3. The van der Waals surface area contributed by atoms with E-state index >= 15 is 0 Å². The number of hydrogen-bond acceptors (Lipinski definition) is 2. The number of rotatable bonds is 10. The first-order valence-corrected chi connectivity index (χ1v) is 10.7. The summed E-state index contributed by atoms with van der Waals surface area (Å²) in [5.41, 5.74) is 7.24. The first-order valence-electron chi connectivity index (χ1n) is 10.7. The van der Waals surface area contributed by atoms with Crippen LogP contribution >= 0.6 is 0 Å². The Balaban J connectivity index is 2.59. The fraction of sp³-hybridized carbons (Fsp3) is 0.480. The van der Waals surface area contributed by atoms with Crippen molar-refractivity contribution in [3.05, 3.63) is 52.6 Å². The Kier molecular flexibility index (Phi) is 8.56. The standard InChI is InChI=1S/C25H34O3/c1-5-9-10-11-14-18-15-12-13-16-22(18)23-17-24(28-25(26)27)21(8-4)19(6-2)20(23)7-3/h12-13,15-17H,5-11,14H2,1-4H3,(H,26,27). The van der Waals surface area contributed by atoms with Crippen molar-refractivity contribution in [2.75, 3.05) is 0 Å². The minimum Gasteiger partial charge on any atom is -0.449 e. The van der Waals surface area contributed by atoms with E-state index in [1.54, 1.807) is 0 Å². The topological polar surface area (TPSA) is 46.5 Å². The fourth-order valence-corrected chi connectivity index (χ4v) is 4.19. The first kappa shape index (κ1) is 22.0. The highest BCUT2D eigenvalue weighted by molar-refractivity contribution is 5.76. The van der Waals surface area contributed by atoms with E-state index in [0.717, 1.165) is 36.8 Å². The van der Waals surface area contributed by atoms with Crippen molar-refractivity contribution in [3.63, 3.8) is 0 Å². The van der Waals surface area contributed by atoms with Crippen LogP contribution in [0.15, 0.2) is 30.3 Å². The van der Waals surface area contributed by atoms with Crippen LogP contribution in [-0.4, -0.2) is 11.3 Å². The highest BCUT2D eigenvalue weighted by Crippen LogP contribution is 2.38. The van der Waals surface area contributed by atoms with Gasteiger partial charge in [0.2, 0.25) is 0 Å². The van der Waals surface area contributed by atoms with Crippen LogP contribution < -0.4 is 4.74 Å². The van der Waals surface area contributed by atoms with Crippen LogP contribution in [0.3, 0.4) is 0 Å². The van der Waals surface area contributed by atoms with E-state index in [1.165, 1.54) is 47.9 Å². The van der Waals surface area contributed by atoms with Gasteiger partial charge in [-0.05, 0) is 71.6 Å². The number of hydrogen-bond donors (Lipinski definition) is 1. The average molecular weight is 383 g/mol. The molecule has 0 aromatic heterocycles. The normalized spacial score (nSPS) is 10.9. The third-order valence-corrected chi connectivity index (χ3v) is 5.49. The lowest BCUT2D eigenvalue weighted by atomic mass is 9.85. The van der Waals surface area contributed by atoms with E-state index in [9.17, 15) is 9.90 Å². The van der Waals surface area contributed by atoms with Gasteiger partial charge in [0.25, 0.3) is 0 Å². The Hall–Kier alpha value is -2.29. The summed E-state index contributed by atoms with van der Waals surface area (Å²) in [6, 6.07) is 10.5. The van der Waals surface area contributed by atoms with E-state index in [1.807, 2.05) is 6.07 Å². The summed E-state index contributed by atoms with van der Waals surface area (Å²) in [6.07, 6.45) is 7.27. The minimum absolute atomic E-state index is 0.486. The van der Waals surface area contributed by atoms with Crippen LogP contribution in [0.2, 0.25) is 0 Å². The average Bonchev–Trinajstić information content (AvgIpc) is 2.70. The van der Waals surface area contributed by atoms with Crippen LogP contribution in [0.25, 0.3) is 11.1 Å². The zero-order valence-electron chi connectivity index (χ0n) is 17.8. The number of ether oxygens (including phenoxy) is 1. The summed E-state index contributed by atoms with van der Waals surface area (Å²) in [6.45, 7) is 8.61. The monoisotopic (exact) mass is 382 g/mol. The lowest BCUT2D eigenvalue weighted by Crippen LogP contribution is -2.10. The van der Waals surface area contributed by atoms with Gasteiger partial charge in [0.15, 0.2) is 0 Å². The molecule has 28 heavy (non-hydrogen) atoms. The molecule has 1 N–H and O–H groups in total. The summed E-state index contributed by atoms with van der Waals surface area (Å²) in [7, 11) is 0. The van der Waals surface area contributed by atoms with E-state index in [4.69, 9.17) is 4.74 Å². The molecule has 3 heteroatoms. The second-order valence-corrected chi connectivity index (χ2v) is 7.25. The van der Waals surface area contributed by atoms with E-state index < -0.39 is 6.16 Å². The van der Waals surface area contributed by atoms with Crippen molar-refractivity contribution < 1.29 is 14.6 Å². The van der Waals surface area contributed by atoms with Crippen LogP contribution in [0, 0.1) is 0 Å². The van der Waals surface area contributed by atoms with Crippen molar-refractivity contribution in [1.82, 2.24) is 0 Å². The van der Waals surface area contributed by atoms with Gasteiger partial charge in [0.1, 0.15) is 5.75 Å². The first-order chi connectivity index (χ1) is 13.6. The molecule has 152 valence electrons.